The second kappa shape index (κ2) is 5.68. The first-order valence-corrected chi connectivity index (χ1v) is 7.55. The molecular weight excluding hydrogens is 310 g/mol. The largest absolute Gasteiger partial charge is 0.305 e. The van der Waals surface area contributed by atoms with Crippen LogP contribution in [0.4, 0.5) is 5.69 Å². The maximum Gasteiger partial charge on any atom is 0.270 e. The fourth-order valence-electron chi connectivity index (χ4n) is 2.84. The van der Waals surface area contributed by atoms with E-state index in [1.165, 1.54) is 17.0 Å². The molecule has 0 bridgehead atoms. The molecule has 1 aliphatic rings. The van der Waals surface area contributed by atoms with Crippen molar-refractivity contribution < 1.29 is 14.5 Å². The Morgan fingerprint density at radius 3 is 2.46 bits per heavy atom. The standard InChI is InChI=1S/C17H17N3O4/c1-10(18(2)3)9-19-16(21)13-6-4-5-11-7-12(20(23)24)8-14(15(11)13)17(19)22/h4-8,10H,9H2,1-3H3. The fourth-order valence-corrected chi connectivity index (χ4v) is 2.84. The van der Waals surface area contributed by atoms with Crippen molar-refractivity contribution in [3.05, 3.63) is 51.6 Å². The molecule has 1 aliphatic heterocycles. The molecule has 24 heavy (non-hydrogen) atoms. The minimum atomic E-state index is -0.529. The van der Waals surface area contributed by atoms with Crippen LogP contribution in [0.3, 0.4) is 0 Å². The van der Waals surface area contributed by atoms with Crippen molar-refractivity contribution in [2.24, 2.45) is 0 Å². The molecule has 0 saturated heterocycles. The first-order valence-electron chi connectivity index (χ1n) is 7.55. The molecule has 0 N–H and O–H groups in total. The first kappa shape index (κ1) is 16.1. The van der Waals surface area contributed by atoms with Crippen molar-refractivity contribution >= 4 is 28.3 Å². The van der Waals surface area contributed by atoms with E-state index in [2.05, 4.69) is 0 Å². The fraction of sp³-hybridized carbons (Fsp3) is 0.294. The van der Waals surface area contributed by atoms with Crippen LogP contribution in [0.25, 0.3) is 10.8 Å². The topological polar surface area (TPSA) is 83.8 Å². The van der Waals surface area contributed by atoms with E-state index in [1.807, 2.05) is 25.9 Å². The minimum absolute atomic E-state index is 0.0302. The second-order valence-corrected chi connectivity index (χ2v) is 6.19. The predicted molar refractivity (Wildman–Crippen MR) is 89.1 cm³/mol. The third-order valence-electron chi connectivity index (χ3n) is 4.45. The number of carbonyl (C=O) groups excluding carboxylic acids is 2. The highest BCUT2D eigenvalue weighted by Gasteiger charge is 2.35. The Morgan fingerprint density at radius 2 is 1.83 bits per heavy atom. The molecule has 0 radical (unpaired) electrons. The lowest BCUT2D eigenvalue weighted by atomic mass is 9.93. The molecule has 2 aromatic rings. The van der Waals surface area contributed by atoms with Crippen LogP contribution in [0.15, 0.2) is 30.3 Å². The van der Waals surface area contributed by atoms with Gasteiger partial charge in [-0.3, -0.25) is 24.6 Å². The molecule has 0 saturated carbocycles. The molecule has 1 atom stereocenters. The zero-order chi connectivity index (χ0) is 17.6. The number of hydrogen-bond acceptors (Lipinski definition) is 5. The number of nitro groups is 1. The lowest BCUT2D eigenvalue weighted by molar-refractivity contribution is -0.384. The maximum atomic E-state index is 12.8. The van der Waals surface area contributed by atoms with Gasteiger partial charge in [0.1, 0.15) is 0 Å². The highest BCUT2D eigenvalue weighted by Crippen LogP contribution is 2.33. The molecule has 0 aromatic heterocycles. The van der Waals surface area contributed by atoms with Crippen LogP contribution in [-0.2, 0) is 0 Å². The Hall–Kier alpha value is -2.80. The number of benzene rings is 2. The molecule has 0 spiro atoms. The van der Waals surface area contributed by atoms with Crippen molar-refractivity contribution in [3.8, 4) is 0 Å². The first-order chi connectivity index (χ1) is 11.3. The number of nitro benzene ring substituents is 1. The van der Waals surface area contributed by atoms with Crippen LogP contribution < -0.4 is 0 Å². The maximum absolute atomic E-state index is 12.8. The van der Waals surface area contributed by atoms with E-state index in [-0.39, 0.29) is 29.7 Å². The summed E-state index contributed by atoms with van der Waals surface area (Å²) in [5.41, 5.74) is 0.460. The van der Waals surface area contributed by atoms with Gasteiger partial charge in [0, 0.05) is 35.7 Å². The molecule has 2 amide bonds. The molecule has 2 aromatic carbocycles. The van der Waals surface area contributed by atoms with Crippen LogP contribution in [-0.4, -0.2) is 53.2 Å². The van der Waals surface area contributed by atoms with Gasteiger partial charge in [-0.25, -0.2) is 0 Å². The molecule has 7 heteroatoms. The molecule has 7 nitrogen and oxygen atoms in total. The Balaban J connectivity index is 2.19. The highest BCUT2D eigenvalue weighted by atomic mass is 16.6. The normalized spacial score (nSPS) is 15.2. The van der Waals surface area contributed by atoms with E-state index in [0.29, 0.717) is 16.3 Å². The summed E-state index contributed by atoms with van der Waals surface area (Å²) in [5.74, 6) is -0.846. The number of imide groups is 1. The van der Waals surface area contributed by atoms with Crippen molar-refractivity contribution in [1.82, 2.24) is 9.80 Å². The summed E-state index contributed by atoms with van der Waals surface area (Å²) in [5, 5.41) is 12.2. The van der Waals surface area contributed by atoms with Crippen molar-refractivity contribution in [2.75, 3.05) is 20.6 Å². The van der Waals surface area contributed by atoms with Crippen LogP contribution >= 0.6 is 0 Å². The van der Waals surface area contributed by atoms with E-state index in [9.17, 15) is 19.7 Å². The van der Waals surface area contributed by atoms with Crippen molar-refractivity contribution in [2.45, 2.75) is 13.0 Å². The zero-order valence-electron chi connectivity index (χ0n) is 13.6. The second-order valence-electron chi connectivity index (χ2n) is 6.19. The third kappa shape index (κ3) is 2.43. The summed E-state index contributed by atoms with van der Waals surface area (Å²) in [4.78, 5) is 39.2. The van der Waals surface area contributed by atoms with Crippen molar-refractivity contribution in [1.29, 1.82) is 0 Å². The average Bonchev–Trinajstić information content (AvgIpc) is 2.55. The van der Waals surface area contributed by atoms with Gasteiger partial charge in [0.25, 0.3) is 17.5 Å². The summed E-state index contributed by atoms with van der Waals surface area (Å²) in [6.45, 7) is 2.13. The number of nitrogens with zero attached hydrogens (tertiary/aromatic N) is 3. The van der Waals surface area contributed by atoms with E-state index < -0.39 is 10.8 Å². The number of likely N-dealkylation sites (N-methyl/N-ethyl adjacent to an activating group) is 1. The molecule has 3 rings (SSSR count). The van der Waals surface area contributed by atoms with E-state index in [0.717, 1.165) is 0 Å². The molecule has 1 unspecified atom stereocenters. The van der Waals surface area contributed by atoms with Gasteiger partial charge in [-0.2, -0.15) is 0 Å². The Labute approximate surface area is 138 Å². The van der Waals surface area contributed by atoms with Gasteiger partial charge in [-0.05, 0) is 32.5 Å². The van der Waals surface area contributed by atoms with Gasteiger partial charge < -0.3 is 4.90 Å². The summed E-state index contributed by atoms with van der Waals surface area (Å²) in [6, 6.07) is 7.62. The molecule has 1 heterocycles. The zero-order valence-corrected chi connectivity index (χ0v) is 13.6. The molecule has 0 fully saturated rings. The molecule has 0 aliphatic carbocycles. The monoisotopic (exact) mass is 327 g/mol. The van der Waals surface area contributed by atoms with Crippen molar-refractivity contribution in [3.63, 3.8) is 0 Å². The van der Waals surface area contributed by atoms with E-state index >= 15 is 0 Å². The van der Waals surface area contributed by atoms with Crippen LogP contribution in [0.5, 0.6) is 0 Å². The summed E-state index contributed by atoms with van der Waals surface area (Å²) in [7, 11) is 3.73. The highest BCUT2D eigenvalue weighted by molar-refractivity contribution is 6.25. The quantitative estimate of drug-likeness (QED) is 0.489. The Bertz CT molecular complexity index is 876. The van der Waals surface area contributed by atoms with Gasteiger partial charge in [0.15, 0.2) is 0 Å². The van der Waals surface area contributed by atoms with Gasteiger partial charge in [0.05, 0.1) is 10.5 Å². The predicted octanol–water partition coefficient (Wildman–Crippen LogP) is 2.29. The number of rotatable bonds is 4. The minimum Gasteiger partial charge on any atom is -0.305 e. The van der Waals surface area contributed by atoms with E-state index in [4.69, 9.17) is 0 Å². The SMILES string of the molecule is CC(CN1C(=O)c2cccc3cc([N+](=O)[O-])cc(c23)C1=O)N(C)C. The smallest absolute Gasteiger partial charge is 0.270 e. The summed E-state index contributed by atoms with van der Waals surface area (Å²) >= 11 is 0. The van der Waals surface area contributed by atoms with Crippen LogP contribution in [0.1, 0.15) is 27.6 Å². The number of hydrogen-bond donors (Lipinski definition) is 0. The average molecular weight is 327 g/mol. The van der Waals surface area contributed by atoms with Crippen LogP contribution in [0.2, 0.25) is 0 Å². The van der Waals surface area contributed by atoms with Crippen LogP contribution in [0, 0.1) is 10.1 Å². The third-order valence-corrected chi connectivity index (χ3v) is 4.45. The number of carbonyl (C=O) groups is 2. The summed E-state index contributed by atoms with van der Waals surface area (Å²) in [6.07, 6.45) is 0. The van der Waals surface area contributed by atoms with Gasteiger partial charge in [0.2, 0.25) is 0 Å². The summed E-state index contributed by atoms with van der Waals surface area (Å²) < 4.78 is 0. The van der Waals surface area contributed by atoms with Gasteiger partial charge in [-0.1, -0.05) is 12.1 Å². The lowest BCUT2D eigenvalue weighted by Crippen LogP contribution is -2.47. The molecule has 124 valence electrons. The molecular formula is C17H17N3O4. The Morgan fingerprint density at radius 1 is 1.17 bits per heavy atom. The van der Waals surface area contributed by atoms with E-state index in [1.54, 1.807) is 18.2 Å². The Kier molecular flexibility index (Phi) is 3.81. The van der Waals surface area contributed by atoms with Gasteiger partial charge in [-0.15, -0.1) is 0 Å². The van der Waals surface area contributed by atoms with Gasteiger partial charge >= 0.3 is 0 Å². The lowest BCUT2D eigenvalue weighted by Gasteiger charge is -2.31. The number of non-ortho nitro benzene ring substituents is 1. The number of amides is 2.